The Morgan fingerprint density at radius 2 is 1.85 bits per heavy atom. The molecule has 1 aromatic heterocycles. The number of aromatic amines is 1. The second-order valence-electron chi connectivity index (χ2n) is 3.08. The highest BCUT2D eigenvalue weighted by molar-refractivity contribution is 5.78. The van der Waals surface area contributed by atoms with E-state index in [4.69, 9.17) is 5.73 Å². The lowest BCUT2D eigenvalue weighted by molar-refractivity contribution is 0.824. The number of aryl methyl sites for hydroxylation is 2. The summed E-state index contributed by atoms with van der Waals surface area (Å²) in [4.78, 5) is 7.13. The van der Waals surface area contributed by atoms with Crippen LogP contribution in [-0.4, -0.2) is 15.4 Å². The molecule has 2 rings (SSSR count). The Labute approximate surface area is 76.1 Å². The molecule has 0 bridgehead atoms. The summed E-state index contributed by atoms with van der Waals surface area (Å²) in [5.74, 6) is 0.481. The van der Waals surface area contributed by atoms with Crippen molar-refractivity contribution in [2.45, 2.75) is 13.8 Å². The van der Waals surface area contributed by atoms with Gasteiger partial charge < -0.3 is 16.2 Å². The lowest BCUT2D eigenvalue weighted by atomic mass is 10.1. The fraction of sp³-hybridized carbons (Fsp3) is 0.222. The number of nitrogens with zero attached hydrogens (tertiary/aromatic N) is 1. The van der Waals surface area contributed by atoms with Crippen LogP contribution in [0.1, 0.15) is 11.1 Å². The van der Waals surface area contributed by atoms with Crippen molar-refractivity contribution in [3.05, 3.63) is 23.3 Å². The van der Waals surface area contributed by atoms with Gasteiger partial charge in [0, 0.05) is 0 Å². The molecule has 4 nitrogen and oxygen atoms in total. The zero-order chi connectivity index (χ0) is 8.72. The maximum atomic E-state index is 5.52. The van der Waals surface area contributed by atoms with Gasteiger partial charge in [-0.15, -0.1) is 0 Å². The van der Waals surface area contributed by atoms with E-state index in [1.165, 1.54) is 11.1 Å². The monoisotopic (exact) mass is 179 g/mol. The number of rotatable bonds is 0. The second-order valence-corrected chi connectivity index (χ2v) is 3.08. The largest absolute Gasteiger partial charge is 0.412 e. The summed E-state index contributed by atoms with van der Waals surface area (Å²) in [6, 6.07) is 4.10. The van der Waals surface area contributed by atoms with Crippen molar-refractivity contribution in [2.24, 2.45) is 0 Å². The molecule has 1 heterocycles. The third kappa shape index (κ3) is 1.48. The van der Waals surface area contributed by atoms with Crippen LogP contribution in [0.25, 0.3) is 11.0 Å². The molecule has 70 valence electrons. The van der Waals surface area contributed by atoms with Gasteiger partial charge in [-0.3, -0.25) is 0 Å². The number of nitrogens with two attached hydrogens (primary N) is 1. The van der Waals surface area contributed by atoms with Gasteiger partial charge in [0.05, 0.1) is 11.0 Å². The fourth-order valence-corrected chi connectivity index (χ4v) is 1.29. The lowest BCUT2D eigenvalue weighted by Crippen LogP contribution is -1.84. The van der Waals surface area contributed by atoms with E-state index >= 15 is 0 Å². The Kier molecular flexibility index (Phi) is 2.25. The molecule has 0 aliphatic carbocycles. The molecule has 2 aromatic rings. The smallest absolute Gasteiger partial charge is 0.198 e. The molecule has 0 unspecified atom stereocenters. The first-order chi connectivity index (χ1) is 5.66. The molecule has 4 heteroatoms. The number of imidazole rings is 1. The number of anilines is 1. The number of nitrogen functional groups attached to an aromatic ring is 1. The minimum atomic E-state index is 0. The Morgan fingerprint density at radius 3 is 2.54 bits per heavy atom. The molecule has 0 spiro atoms. The molecule has 0 fully saturated rings. The van der Waals surface area contributed by atoms with E-state index in [1.54, 1.807) is 0 Å². The zero-order valence-electron chi connectivity index (χ0n) is 7.68. The fourth-order valence-electron chi connectivity index (χ4n) is 1.29. The van der Waals surface area contributed by atoms with Gasteiger partial charge in [0.25, 0.3) is 0 Å². The number of nitrogens with one attached hydrogen (secondary N) is 1. The van der Waals surface area contributed by atoms with Crippen molar-refractivity contribution in [1.82, 2.24) is 9.97 Å². The SMILES string of the molecule is Cc1cc2nc(N)[nH]c2cc1C.O. The van der Waals surface area contributed by atoms with Crippen LogP contribution in [0.4, 0.5) is 5.95 Å². The normalized spacial score (nSPS) is 10.0. The minimum Gasteiger partial charge on any atom is -0.412 e. The average Bonchev–Trinajstić information content (AvgIpc) is 2.30. The number of aromatic nitrogens is 2. The van der Waals surface area contributed by atoms with Crippen LogP contribution >= 0.6 is 0 Å². The second kappa shape index (κ2) is 3.06. The molecule has 0 radical (unpaired) electrons. The summed E-state index contributed by atoms with van der Waals surface area (Å²) in [6.45, 7) is 4.14. The minimum absolute atomic E-state index is 0. The number of H-pyrrole nitrogens is 1. The van der Waals surface area contributed by atoms with Crippen molar-refractivity contribution >= 4 is 17.0 Å². The van der Waals surface area contributed by atoms with Gasteiger partial charge in [0.1, 0.15) is 0 Å². The first-order valence-corrected chi connectivity index (χ1v) is 3.89. The maximum Gasteiger partial charge on any atom is 0.198 e. The quantitative estimate of drug-likeness (QED) is 0.630. The molecule has 0 aliphatic rings. The van der Waals surface area contributed by atoms with Gasteiger partial charge in [-0.2, -0.15) is 0 Å². The molecule has 5 N–H and O–H groups in total. The van der Waals surface area contributed by atoms with Crippen molar-refractivity contribution in [1.29, 1.82) is 0 Å². The molecule has 0 saturated heterocycles. The molecule has 1 aromatic carbocycles. The van der Waals surface area contributed by atoms with E-state index in [9.17, 15) is 0 Å². The first kappa shape index (κ1) is 9.54. The van der Waals surface area contributed by atoms with Crippen LogP contribution in [-0.2, 0) is 0 Å². The summed E-state index contributed by atoms with van der Waals surface area (Å²) in [6.07, 6.45) is 0. The predicted octanol–water partition coefficient (Wildman–Crippen LogP) is 0.937. The van der Waals surface area contributed by atoms with Crippen LogP contribution in [0.2, 0.25) is 0 Å². The number of fused-ring (bicyclic) bond motifs is 1. The molecule has 0 atom stereocenters. The van der Waals surface area contributed by atoms with E-state index < -0.39 is 0 Å². The Bertz CT molecular complexity index is 395. The third-order valence-corrected chi connectivity index (χ3v) is 2.12. The van der Waals surface area contributed by atoms with E-state index in [-0.39, 0.29) is 5.48 Å². The zero-order valence-corrected chi connectivity index (χ0v) is 7.68. The summed E-state index contributed by atoms with van der Waals surface area (Å²) >= 11 is 0. The standard InChI is InChI=1S/C9H11N3.H2O/c1-5-3-7-8(4-6(5)2)12-9(10)11-7;/h3-4H,1-2H3,(H3,10,11,12);1H2. The van der Waals surface area contributed by atoms with Gasteiger partial charge in [-0.25, -0.2) is 4.98 Å². The molecule has 13 heavy (non-hydrogen) atoms. The van der Waals surface area contributed by atoms with E-state index in [2.05, 4.69) is 29.9 Å². The highest BCUT2D eigenvalue weighted by atomic mass is 16.0. The summed E-state index contributed by atoms with van der Waals surface area (Å²) in [5.41, 5.74) is 9.97. The maximum absolute atomic E-state index is 5.52. The Hall–Kier alpha value is -1.55. The topological polar surface area (TPSA) is 86.2 Å². The highest BCUT2D eigenvalue weighted by Crippen LogP contribution is 2.17. The molecular weight excluding hydrogens is 166 g/mol. The first-order valence-electron chi connectivity index (χ1n) is 3.89. The van der Waals surface area contributed by atoms with Crippen LogP contribution in [0, 0.1) is 13.8 Å². The third-order valence-electron chi connectivity index (χ3n) is 2.12. The van der Waals surface area contributed by atoms with Crippen LogP contribution in [0.3, 0.4) is 0 Å². The summed E-state index contributed by atoms with van der Waals surface area (Å²) in [7, 11) is 0. The highest BCUT2D eigenvalue weighted by Gasteiger charge is 2.01. The Balaban J connectivity index is 0.000000845. The van der Waals surface area contributed by atoms with Crippen molar-refractivity contribution in [3.8, 4) is 0 Å². The van der Waals surface area contributed by atoms with Crippen LogP contribution < -0.4 is 5.73 Å². The Morgan fingerprint density at radius 1 is 1.23 bits per heavy atom. The molecule has 0 saturated carbocycles. The van der Waals surface area contributed by atoms with Crippen LogP contribution in [0.5, 0.6) is 0 Å². The van der Waals surface area contributed by atoms with Gasteiger partial charge in [0.15, 0.2) is 5.95 Å². The van der Waals surface area contributed by atoms with Gasteiger partial charge in [-0.05, 0) is 37.1 Å². The van der Waals surface area contributed by atoms with E-state index in [1.807, 2.05) is 6.07 Å². The van der Waals surface area contributed by atoms with Crippen molar-refractivity contribution in [3.63, 3.8) is 0 Å². The average molecular weight is 179 g/mol. The van der Waals surface area contributed by atoms with Crippen molar-refractivity contribution in [2.75, 3.05) is 5.73 Å². The van der Waals surface area contributed by atoms with Crippen LogP contribution in [0.15, 0.2) is 12.1 Å². The number of hydrogen-bond donors (Lipinski definition) is 2. The van der Waals surface area contributed by atoms with E-state index in [0.717, 1.165) is 11.0 Å². The van der Waals surface area contributed by atoms with Crippen molar-refractivity contribution < 1.29 is 5.48 Å². The van der Waals surface area contributed by atoms with Gasteiger partial charge in [-0.1, -0.05) is 0 Å². The summed E-state index contributed by atoms with van der Waals surface area (Å²) in [5, 5.41) is 0. The molecule has 0 aliphatic heterocycles. The predicted molar refractivity (Wildman–Crippen MR) is 53.6 cm³/mol. The van der Waals surface area contributed by atoms with E-state index in [0.29, 0.717) is 5.95 Å². The lowest BCUT2D eigenvalue weighted by Gasteiger charge is -1.97. The molecule has 0 amide bonds. The molecular formula is C9H13N3O. The number of hydrogen-bond acceptors (Lipinski definition) is 2. The van der Waals surface area contributed by atoms with Gasteiger partial charge >= 0.3 is 0 Å². The van der Waals surface area contributed by atoms with Gasteiger partial charge in [0.2, 0.25) is 0 Å². The number of benzene rings is 1. The summed E-state index contributed by atoms with van der Waals surface area (Å²) < 4.78 is 0.